The molecule has 2 aliphatic heterocycles. The number of carbonyl (C=O) groups excluding carboxylic acids is 4. The van der Waals surface area contributed by atoms with Crippen molar-refractivity contribution >= 4 is 72.7 Å². The van der Waals surface area contributed by atoms with E-state index < -0.39 is 22.8 Å². The average molecular weight is 989 g/mol. The topological polar surface area (TPSA) is 313 Å². The van der Waals surface area contributed by atoms with Gasteiger partial charge in [-0.2, -0.15) is 0 Å². The Kier molecular flexibility index (Phi) is 16.8. The van der Waals surface area contributed by atoms with Gasteiger partial charge in [0.2, 0.25) is 0 Å². The fraction of sp³-hybridized carbons (Fsp3) is 0.289. The van der Waals surface area contributed by atoms with Crippen LogP contribution in [0.15, 0.2) is 78.7 Å². The number of ketones is 1. The molecule has 5 aromatic rings. The number of halogens is 2. The number of rotatable bonds is 6. The van der Waals surface area contributed by atoms with Crippen LogP contribution in [0.4, 0.5) is 17.3 Å². The summed E-state index contributed by atoms with van der Waals surface area (Å²) in [6, 6.07) is 7.67. The number of primary amides is 1. The molecule has 330 valence electrons. The maximum Gasteiger partial charge on any atom is 0.277 e. The lowest BCUT2D eigenvalue weighted by atomic mass is 10.2. The molecular weight excluding hydrogens is 944 g/mol. The van der Waals surface area contributed by atoms with Crippen molar-refractivity contribution in [3.63, 3.8) is 0 Å². The molecule has 62 heavy (non-hydrogen) atoms. The van der Waals surface area contributed by atoms with E-state index in [1.807, 2.05) is 0 Å². The number of nitrogens with two attached hydrogens (primary N) is 2. The minimum atomic E-state index is -0.833. The van der Waals surface area contributed by atoms with Crippen molar-refractivity contribution in [3.05, 3.63) is 112 Å². The van der Waals surface area contributed by atoms with Gasteiger partial charge in [0.1, 0.15) is 64.3 Å². The number of carbonyl (C=O) groups is 4. The van der Waals surface area contributed by atoms with Gasteiger partial charge in [-0.05, 0) is 85.5 Å². The highest BCUT2D eigenvalue weighted by Crippen LogP contribution is 2.31. The summed E-state index contributed by atoms with van der Waals surface area (Å²) in [4.78, 5) is 97.2. The molecule has 3 amide bonds. The maximum atomic E-state index is 12.7. The number of nitrogens with one attached hydrogen (secondary N) is 4. The number of anilines is 3. The minimum Gasteiger partial charge on any atom is -0.494 e. The lowest BCUT2D eigenvalue weighted by Gasteiger charge is -2.22. The predicted molar refractivity (Wildman–Crippen MR) is 234 cm³/mol. The number of methoxy groups -OCH3 is 3. The van der Waals surface area contributed by atoms with Gasteiger partial charge < -0.3 is 51.4 Å². The van der Waals surface area contributed by atoms with E-state index in [0.29, 0.717) is 27.6 Å². The Morgan fingerprint density at radius 2 is 1.19 bits per heavy atom. The first kappa shape index (κ1) is 49.4. The first-order valence-corrected chi connectivity index (χ1v) is 19.4. The normalized spacial score (nSPS) is 13.1. The summed E-state index contributed by atoms with van der Waals surface area (Å²) in [5, 5.41) is 8.41. The third-order valence-electron chi connectivity index (χ3n) is 7.99. The van der Waals surface area contributed by atoms with Gasteiger partial charge in [0.25, 0.3) is 34.4 Å². The fourth-order valence-electron chi connectivity index (χ4n) is 5.47. The Morgan fingerprint density at radius 1 is 0.726 bits per heavy atom. The molecule has 0 atom stereocenters. The number of H-pyrrole nitrogens is 1. The van der Waals surface area contributed by atoms with Crippen molar-refractivity contribution in [3.8, 4) is 17.2 Å². The number of nitrogens with zero attached hydrogens (tertiary/aromatic N) is 6. The number of hydrogen-bond acceptors (Lipinski definition) is 16. The molecule has 0 saturated heterocycles. The Balaban J connectivity index is 0.000000226. The van der Waals surface area contributed by atoms with Crippen LogP contribution in [-0.2, 0) is 16.1 Å². The number of ether oxygens (including phenoxy) is 3. The number of aromatic amines is 1. The standard InChI is InChI=1S/C14H15N5O3.C10H11BrN2O3.C7H7BrN2O3.C4H5N3.C3H6O/c1-14(2)18-12(20)11-9(22-3)6-8(13(21)19(11)14)17-10-4-5-15-7-16-10;1-10(2)12-8(14)7-6(16-3)4-5(11)9(15)13(7)10;1-13-4-2-3(8)7(12)10-5(4)6(9)11;5-4-1-2-6-3-7-4;1-3(2)4/h4-7H,1-3H3,(H,18,20)(H,15,16,17);4H,1-3H3,(H,12,14);2H,1H3,(H2,9,11)(H,10,12);1-3H,(H2,5,6,7);1-2H3. The Bertz CT molecular complexity index is 2630. The van der Waals surface area contributed by atoms with E-state index in [0.717, 1.165) is 0 Å². The van der Waals surface area contributed by atoms with Crippen LogP contribution in [0.5, 0.6) is 17.2 Å². The van der Waals surface area contributed by atoms with Crippen LogP contribution in [0, 0.1) is 0 Å². The van der Waals surface area contributed by atoms with Gasteiger partial charge in [0, 0.05) is 30.6 Å². The van der Waals surface area contributed by atoms with Gasteiger partial charge in [0.05, 0.1) is 30.3 Å². The summed E-state index contributed by atoms with van der Waals surface area (Å²) in [5.41, 5.74) is 8.35. The quantitative estimate of drug-likeness (QED) is 0.142. The molecule has 22 nitrogen and oxygen atoms in total. The highest BCUT2D eigenvalue weighted by atomic mass is 79.9. The summed E-state index contributed by atoms with van der Waals surface area (Å²) >= 11 is 6.15. The molecule has 0 aromatic carbocycles. The summed E-state index contributed by atoms with van der Waals surface area (Å²) in [6.45, 7) is 10.1. The van der Waals surface area contributed by atoms with Crippen molar-refractivity contribution < 1.29 is 33.4 Å². The minimum absolute atomic E-state index is 0.0318. The smallest absolute Gasteiger partial charge is 0.277 e. The zero-order valence-corrected chi connectivity index (χ0v) is 38.0. The average Bonchev–Trinajstić information content (AvgIpc) is 3.61. The molecule has 0 saturated carbocycles. The van der Waals surface area contributed by atoms with Crippen molar-refractivity contribution in [2.75, 3.05) is 32.4 Å². The SMILES string of the molecule is CC(C)=O.COc1cc(Br)c(=O)[nH]c1C(N)=O.COc1cc(Br)c(=O)n2c1C(=O)NC2(C)C.COc1cc(Nc2ccncn2)c(=O)n2c1C(=O)NC2(C)C.Nc1ccncn1. The Labute approximate surface area is 370 Å². The molecule has 24 heteroatoms. The van der Waals surface area contributed by atoms with Crippen LogP contribution in [0.1, 0.15) is 73.0 Å². The van der Waals surface area contributed by atoms with Gasteiger partial charge in [-0.3, -0.25) is 37.9 Å². The van der Waals surface area contributed by atoms with Gasteiger partial charge in [-0.15, -0.1) is 0 Å². The molecule has 0 radical (unpaired) electrons. The Hall–Kier alpha value is -6.95. The molecule has 0 fully saturated rings. The van der Waals surface area contributed by atoms with Crippen molar-refractivity contribution in [1.82, 2.24) is 44.7 Å². The number of aromatic nitrogens is 7. The maximum absolute atomic E-state index is 12.7. The lowest BCUT2D eigenvalue weighted by molar-refractivity contribution is -0.115. The molecular formula is C38H44Br2N12O10. The fourth-order valence-corrected chi connectivity index (χ4v) is 6.16. The molecule has 7 heterocycles. The van der Waals surface area contributed by atoms with Crippen LogP contribution < -0.4 is 58.3 Å². The van der Waals surface area contributed by atoms with Gasteiger partial charge in [0.15, 0.2) is 17.1 Å². The van der Waals surface area contributed by atoms with E-state index in [9.17, 15) is 33.6 Å². The van der Waals surface area contributed by atoms with E-state index in [1.54, 1.807) is 52.2 Å². The molecule has 0 spiro atoms. The van der Waals surface area contributed by atoms with Crippen LogP contribution >= 0.6 is 31.9 Å². The second-order valence-electron chi connectivity index (χ2n) is 13.7. The summed E-state index contributed by atoms with van der Waals surface area (Å²) in [6.07, 6.45) is 5.95. The summed E-state index contributed by atoms with van der Waals surface area (Å²) < 4.78 is 18.7. The van der Waals surface area contributed by atoms with Crippen LogP contribution in [0.3, 0.4) is 0 Å². The van der Waals surface area contributed by atoms with Crippen molar-refractivity contribution in [2.24, 2.45) is 5.73 Å². The third-order valence-corrected chi connectivity index (χ3v) is 9.15. The molecule has 0 aliphatic carbocycles. The predicted octanol–water partition coefficient (Wildman–Crippen LogP) is 2.78. The van der Waals surface area contributed by atoms with Crippen molar-refractivity contribution in [2.45, 2.75) is 52.9 Å². The van der Waals surface area contributed by atoms with Crippen LogP contribution in [-0.4, -0.2) is 78.9 Å². The number of Topliss-reactive ketones (excluding diaryl/α,β-unsaturated/α-hetero) is 1. The lowest BCUT2D eigenvalue weighted by Crippen LogP contribution is -2.42. The monoisotopic (exact) mass is 986 g/mol. The highest BCUT2D eigenvalue weighted by molar-refractivity contribution is 9.10. The third kappa shape index (κ3) is 12.1. The number of fused-ring (bicyclic) bond motifs is 2. The number of pyridine rings is 3. The van der Waals surface area contributed by atoms with Gasteiger partial charge in [-0.25, -0.2) is 19.9 Å². The van der Waals surface area contributed by atoms with E-state index in [4.69, 9.17) is 25.7 Å². The molecule has 5 aromatic heterocycles. The second kappa shape index (κ2) is 21.0. The number of hydrogen-bond donors (Lipinski definition) is 6. The highest BCUT2D eigenvalue weighted by Gasteiger charge is 2.40. The van der Waals surface area contributed by atoms with Gasteiger partial charge >= 0.3 is 0 Å². The number of amides is 3. The summed E-state index contributed by atoms with van der Waals surface area (Å²) in [7, 11) is 4.30. The summed E-state index contributed by atoms with van der Waals surface area (Å²) in [5.74, 6) is 0.716. The second-order valence-corrected chi connectivity index (χ2v) is 15.4. The molecule has 2 aliphatic rings. The van der Waals surface area contributed by atoms with E-state index in [1.165, 1.54) is 75.2 Å². The van der Waals surface area contributed by atoms with Gasteiger partial charge in [-0.1, -0.05) is 0 Å². The van der Waals surface area contributed by atoms with Crippen molar-refractivity contribution in [1.29, 1.82) is 0 Å². The first-order valence-electron chi connectivity index (χ1n) is 17.8. The van der Waals surface area contributed by atoms with E-state index in [2.05, 4.69) is 72.7 Å². The molecule has 7 rings (SSSR count). The van der Waals surface area contributed by atoms with Crippen LogP contribution in [0.2, 0.25) is 0 Å². The van der Waals surface area contributed by atoms with E-state index in [-0.39, 0.29) is 61.7 Å². The molecule has 8 N–H and O–H groups in total. The molecule has 0 bridgehead atoms. The number of nitrogen functional groups attached to an aromatic ring is 1. The van der Waals surface area contributed by atoms with Crippen LogP contribution in [0.25, 0.3) is 0 Å². The first-order chi connectivity index (χ1) is 29.0. The zero-order valence-electron chi connectivity index (χ0n) is 34.9. The Morgan fingerprint density at radius 3 is 1.61 bits per heavy atom. The largest absolute Gasteiger partial charge is 0.494 e. The van der Waals surface area contributed by atoms with E-state index >= 15 is 0 Å². The molecule has 0 unspecified atom stereocenters. The zero-order chi connectivity index (χ0) is 46.7.